The molecule has 5 heteroatoms. The summed E-state index contributed by atoms with van der Waals surface area (Å²) in [6.07, 6.45) is 1.47. The molecule has 1 N–H and O–H groups in total. The van der Waals surface area contributed by atoms with Crippen LogP contribution in [0.2, 0.25) is 0 Å². The summed E-state index contributed by atoms with van der Waals surface area (Å²) in [5, 5.41) is 8.55. The van der Waals surface area contributed by atoms with E-state index < -0.39 is 8.03 Å². The average Bonchev–Trinajstić information content (AvgIpc) is 2.06. The summed E-state index contributed by atoms with van der Waals surface area (Å²) in [4.78, 5) is 10.1. The molecule has 0 amide bonds. The maximum atomic E-state index is 10.7. The Labute approximate surface area is 66.4 Å². The van der Waals surface area contributed by atoms with E-state index in [4.69, 9.17) is 5.11 Å². The van der Waals surface area contributed by atoms with Gasteiger partial charge in [-0.15, -0.1) is 0 Å². The van der Waals surface area contributed by atoms with Crippen molar-refractivity contribution in [3.05, 3.63) is 0 Å². The highest BCUT2D eigenvalue weighted by molar-refractivity contribution is 7.39. The molecule has 0 aromatic rings. The molecule has 0 aliphatic heterocycles. The highest BCUT2D eigenvalue weighted by Gasteiger charge is 2.07. The molecule has 0 spiro atoms. The minimum atomic E-state index is -1.96. The van der Waals surface area contributed by atoms with Crippen LogP contribution in [0.15, 0.2) is 0 Å². The quantitative estimate of drug-likeness (QED) is 0.471. The highest BCUT2D eigenvalue weighted by atomic mass is 31.1. The fourth-order valence-corrected chi connectivity index (χ4v) is 1.42. The molecule has 11 heavy (non-hydrogen) atoms. The lowest BCUT2D eigenvalue weighted by atomic mass is 10.1. The molecule has 0 saturated carbocycles. The van der Waals surface area contributed by atoms with Crippen molar-refractivity contribution < 1.29 is 19.0 Å². The van der Waals surface area contributed by atoms with Crippen molar-refractivity contribution >= 4 is 14.3 Å². The predicted octanol–water partition coefficient (Wildman–Crippen LogP) is 0.305. The standard InChI is InChI=1S/C6H13O4P/c1-10-11(9)3-2-6(4-7)5-8/h4,6,8,11H,2-3,5H2,1H3. The number of carbonyl (C=O) groups is 1. The number of aliphatic hydroxyl groups excluding tert-OH is 1. The molecule has 0 aliphatic rings. The van der Waals surface area contributed by atoms with Gasteiger partial charge in [0.25, 0.3) is 0 Å². The van der Waals surface area contributed by atoms with E-state index in [0.29, 0.717) is 18.9 Å². The molecule has 0 radical (unpaired) electrons. The second kappa shape index (κ2) is 6.53. The molecule has 0 rings (SSSR count). The molecular weight excluding hydrogens is 167 g/mol. The number of aliphatic hydroxyl groups is 1. The van der Waals surface area contributed by atoms with Crippen LogP contribution in [0, 0.1) is 5.92 Å². The van der Waals surface area contributed by atoms with E-state index >= 15 is 0 Å². The monoisotopic (exact) mass is 180 g/mol. The van der Waals surface area contributed by atoms with Crippen molar-refractivity contribution in [2.75, 3.05) is 19.9 Å². The predicted molar refractivity (Wildman–Crippen MR) is 42.1 cm³/mol. The normalized spacial score (nSPS) is 15.8. The Morgan fingerprint density at radius 1 is 1.73 bits per heavy atom. The van der Waals surface area contributed by atoms with E-state index in [2.05, 4.69) is 4.52 Å². The van der Waals surface area contributed by atoms with Crippen molar-refractivity contribution in [3.63, 3.8) is 0 Å². The Morgan fingerprint density at radius 3 is 2.73 bits per heavy atom. The first kappa shape index (κ1) is 10.8. The Bertz CT molecular complexity index is 137. The molecule has 4 nitrogen and oxygen atoms in total. The summed E-state index contributed by atoms with van der Waals surface area (Å²) in [6.45, 7) is -0.178. The van der Waals surface area contributed by atoms with Crippen LogP contribution >= 0.6 is 8.03 Å². The molecule has 0 bridgehead atoms. The summed E-state index contributed by atoms with van der Waals surface area (Å²) in [5.74, 6) is -0.390. The van der Waals surface area contributed by atoms with Gasteiger partial charge in [0.2, 0.25) is 0 Å². The molecular formula is C6H13O4P. The Balaban J connectivity index is 3.50. The van der Waals surface area contributed by atoms with Gasteiger partial charge in [-0.1, -0.05) is 0 Å². The molecule has 0 saturated heterocycles. The molecule has 0 heterocycles. The van der Waals surface area contributed by atoms with Crippen LogP contribution in [0.4, 0.5) is 0 Å². The summed E-state index contributed by atoms with van der Waals surface area (Å²) in [5.41, 5.74) is 0. The third kappa shape index (κ3) is 5.13. The van der Waals surface area contributed by atoms with Gasteiger partial charge in [0.15, 0.2) is 8.03 Å². The first-order valence-corrected chi connectivity index (χ1v) is 4.90. The Morgan fingerprint density at radius 2 is 2.36 bits per heavy atom. The van der Waals surface area contributed by atoms with E-state index in [-0.39, 0.29) is 12.5 Å². The van der Waals surface area contributed by atoms with Crippen LogP contribution in [0.5, 0.6) is 0 Å². The van der Waals surface area contributed by atoms with Crippen LogP contribution in [0.25, 0.3) is 0 Å². The van der Waals surface area contributed by atoms with E-state index in [1.165, 1.54) is 7.11 Å². The molecule has 2 unspecified atom stereocenters. The number of hydrogen-bond acceptors (Lipinski definition) is 4. The lowest BCUT2D eigenvalue weighted by Gasteiger charge is -2.04. The van der Waals surface area contributed by atoms with Crippen molar-refractivity contribution in [2.45, 2.75) is 6.42 Å². The van der Waals surface area contributed by atoms with Gasteiger partial charge in [0, 0.05) is 19.2 Å². The summed E-state index contributed by atoms with van der Waals surface area (Å²) < 4.78 is 15.3. The molecule has 66 valence electrons. The Hall–Kier alpha value is -0.180. The van der Waals surface area contributed by atoms with Gasteiger partial charge in [-0.2, -0.15) is 0 Å². The van der Waals surface area contributed by atoms with Crippen LogP contribution in [0.3, 0.4) is 0 Å². The van der Waals surface area contributed by atoms with Gasteiger partial charge in [0.05, 0.1) is 6.61 Å². The van der Waals surface area contributed by atoms with Gasteiger partial charge in [-0.3, -0.25) is 4.57 Å². The van der Waals surface area contributed by atoms with Crippen LogP contribution in [-0.2, 0) is 13.9 Å². The number of hydrogen-bond donors (Lipinski definition) is 1. The largest absolute Gasteiger partial charge is 0.396 e. The zero-order valence-corrected chi connectivity index (χ0v) is 7.45. The minimum Gasteiger partial charge on any atom is -0.396 e. The van der Waals surface area contributed by atoms with Crippen LogP contribution in [0.1, 0.15) is 6.42 Å². The van der Waals surface area contributed by atoms with Crippen molar-refractivity contribution in [1.29, 1.82) is 0 Å². The van der Waals surface area contributed by atoms with Gasteiger partial charge in [0.1, 0.15) is 6.29 Å². The highest BCUT2D eigenvalue weighted by Crippen LogP contribution is 2.22. The van der Waals surface area contributed by atoms with E-state index in [0.717, 1.165) is 0 Å². The fourth-order valence-electron chi connectivity index (χ4n) is 0.608. The zero-order valence-electron chi connectivity index (χ0n) is 6.45. The number of aldehydes is 1. The van der Waals surface area contributed by atoms with Crippen LogP contribution in [-0.4, -0.2) is 31.3 Å². The van der Waals surface area contributed by atoms with Gasteiger partial charge in [-0.25, -0.2) is 0 Å². The third-order valence-corrected chi connectivity index (χ3v) is 2.53. The number of carbonyl (C=O) groups excluding carboxylic acids is 1. The van der Waals surface area contributed by atoms with E-state index in [1.54, 1.807) is 0 Å². The third-order valence-electron chi connectivity index (χ3n) is 1.37. The summed E-state index contributed by atoms with van der Waals surface area (Å²) in [7, 11) is -0.593. The zero-order chi connectivity index (χ0) is 8.69. The van der Waals surface area contributed by atoms with Crippen molar-refractivity contribution in [2.24, 2.45) is 5.92 Å². The van der Waals surface area contributed by atoms with Crippen LogP contribution < -0.4 is 0 Å². The molecule has 0 fully saturated rings. The smallest absolute Gasteiger partial charge is 0.191 e. The molecule has 2 atom stereocenters. The average molecular weight is 180 g/mol. The van der Waals surface area contributed by atoms with E-state index in [1.807, 2.05) is 0 Å². The van der Waals surface area contributed by atoms with E-state index in [9.17, 15) is 9.36 Å². The molecule has 0 aliphatic carbocycles. The lowest BCUT2D eigenvalue weighted by Crippen LogP contribution is -2.08. The molecule has 0 aromatic heterocycles. The molecule has 0 aromatic carbocycles. The van der Waals surface area contributed by atoms with Gasteiger partial charge in [-0.05, 0) is 6.42 Å². The SMILES string of the molecule is CO[PH](=O)CCC(C=O)CO. The second-order valence-electron chi connectivity index (χ2n) is 2.19. The minimum absolute atomic E-state index is 0.178. The van der Waals surface area contributed by atoms with Gasteiger partial charge < -0.3 is 14.4 Å². The van der Waals surface area contributed by atoms with Gasteiger partial charge >= 0.3 is 0 Å². The lowest BCUT2D eigenvalue weighted by molar-refractivity contribution is -0.112. The fraction of sp³-hybridized carbons (Fsp3) is 0.833. The van der Waals surface area contributed by atoms with Crippen molar-refractivity contribution in [3.8, 4) is 0 Å². The maximum Gasteiger partial charge on any atom is 0.191 e. The topological polar surface area (TPSA) is 63.6 Å². The first-order valence-electron chi connectivity index (χ1n) is 3.37. The maximum absolute atomic E-state index is 10.7. The summed E-state index contributed by atoms with van der Waals surface area (Å²) in [6, 6.07) is 0. The Kier molecular flexibility index (Phi) is 6.42. The first-order chi connectivity index (χ1) is 5.24. The van der Waals surface area contributed by atoms with Crippen molar-refractivity contribution in [1.82, 2.24) is 0 Å². The number of rotatable bonds is 6. The summed E-state index contributed by atoms with van der Waals surface area (Å²) >= 11 is 0. The second-order valence-corrected chi connectivity index (χ2v) is 3.85.